The summed E-state index contributed by atoms with van der Waals surface area (Å²) in [5.74, 6) is 0.937. The summed E-state index contributed by atoms with van der Waals surface area (Å²) in [5.41, 5.74) is 8.09. The van der Waals surface area contributed by atoms with E-state index in [1.165, 1.54) is 44.0 Å². The van der Waals surface area contributed by atoms with E-state index in [4.69, 9.17) is 9.72 Å². The van der Waals surface area contributed by atoms with Crippen molar-refractivity contribution in [2.75, 3.05) is 7.11 Å². The average molecular weight is 402 g/mol. The Hall–Kier alpha value is -3.65. The number of ether oxygens (including phenoxy) is 1. The molecule has 1 aliphatic rings. The molecule has 5 aromatic rings. The number of methoxy groups -OCH3 is 1. The molecule has 0 amide bonds. The number of fused-ring (bicyclic) bond motifs is 6. The number of pyridine rings is 1. The zero-order valence-corrected chi connectivity index (χ0v) is 17.9. The monoisotopic (exact) mass is 401 g/mol. The van der Waals surface area contributed by atoms with Crippen molar-refractivity contribution in [2.24, 2.45) is 0 Å². The average Bonchev–Trinajstić information content (AvgIpc) is 3.06. The zero-order valence-electron chi connectivity index (χ0n) is 17.9. The molecule has 0 saturated carbocycles. The summed E-state index contributed by atoms with van der Waals surface area (Å²) in [7, 11) is 1.76. The molecule has 2 nitrogen and oxygen atoms in total. The molecule has 0 aliphatic heterocycles. The lowest BCUT2D eigenvalue weighted by Crippen LogP contribution is -2.17. The van der Waals surface area contributed by atoms with E-state index >= 15 is 0 Å². The molecule has 0 spiro atoms. The molecule has 0 N–H and O–H groups in total. The van der Waals surface area contributed by atoms with Crippen LogP contribution in [0.5, 0.6) is 5.75 Å². The Bertz CT molecular complexity index is 1490. The maximum absolute atomic E-state index is 5.83. The van der Waals surface area contributed by atoms with Crippen molar-refractivity contribution in [1.82, 2.24) is 4.98 Å². The van der Waals surface area contributed by atoms with Crippen LogP contribution in [-0.2, 0) is 5.41 Å². The van der Waals surface area contributed by atoms with Gasteiger partial charge < -0.3 is 4.74 Å². The van der Waals surface area contributed by atoms with Crippen molar-refractivity contribution in [2.45, 2.75) is 19.3 Å². The van der Waals surface area contributed by atoms with E-state index in [0.29, 0.717) is 0 Å². The summed E-state index contributed by atoms with van der Waals surface area (Å²) in [4.78, 5) is 5.25. The predicted octanol–water partition coefficient (Wildman–Crippen LogP) is 7.37. The van der Waals surface area contributed by atoms with Gasteiger partial charge in [0.05, 0.1) is 18.3 Å². The Balaban J connectivity index is 1.83. The van der Waals surface area contributed by atoms with Crippen LogP contribution in [0.4, 0.5) is 0 Å². The van der Waals surface area contributed by atoms with Crippen LogP contribution in [0.25, 0.3) is 44.1 Å². The Kier molecular flexibility index (Phi) is 3.76. The van der Waals surface area contributed by atoms with Crippen LogP contribution >= 0.6 is 0 Å². The van der Waals surface area contributed by atoms with E-state index in [2.05, 4.69) is 98.8 Å². The molecule has 0 unspecified atom stereocenters. The minimum atomic E-state index is -0.195. The zero-order chi connectivity index (χ0) is 21.2. The molecular formula is C29H23NO. The minimum Gasteiger partial charge on any atom is -0.496 e. The SMILES string of the molecule is COc1cccc2c1C(C)(C)c1c-2c(-c2cccc3ccccc23)nc2ccccc12. The van der Waals surface area contributed by atoms with Crippen molar-refractivity contribution < 1.29 is 4.74 Å². The van der Waals surface area contributed by atoms with Crippen LogP contribution in [0.15, 0.2) is 84.9 Å². The highest BCUT2D eigenvalue weighted by molar-refractivity contribution is 6.06. The third kappa shape index (κ3) is 2.42. The van der Waals surface area contributed by atoms with Crippen LogP contribution < -0.4 is 4.74 Å². The quantitative estimate of drug-likeness (QED) is 0.308. The van der Waals surface area contributed by atoms with Crippen molar-refractivity contribution in [3.8, 4) is 28.1 Å². The molecule has 1 aliphatic carbocycles. The second kappa shape index (κ2) is 6.42. The number of para-hydroxylation sites is 1. The second-order valence-corrected chi connectivity index (χ2v) is 8.76. The molecule has 6 rings (SSSR count). The fraction of sp³-hybridized carbons (Fsp3) is 0.138. The Morgan fingerprint density at radius 3 is 2.19 bits per heavy atom. The number of hydrogen-bond acceptors (Lipinski definition) is 2. The van der Waals surface area contributed by atoms with Crippen LogP contribution in [-0.4, -0.2) is 12.1 Å². The third-order valence-corrected chi connectivity index (χ3v) is 6.70. The standard InChI is InChI=1S/C29H23NO/c1-29(2)26-22(15-9-17-24(26)31-3)25-27(29)21-13-6-7-16-23(21)30-28(25)20-14-8-11-18-10-4-5-12-19(18)20/h4-17H,1-3H3. The van der Waals surface area contributed by atoms with Crippen LogP contribution in [0, 0.1) is 0 Å². The summed E-state index contributed by atoms with van der Waals surface area (Å²) in [6.45, 7) is 4.61. The summed E-state index contributed by atoms with van der Waals surface area (Å²) >= 11 is 0. The van der Waals surface area contributed by atoms with Gasteiger partial charge in [-0.15, -0.1) is 0 Å². The second-order valence-electron chi connectivity index (χ2n) is 8.76. The van der Waals surface area contributed by atoms with Gasteiger partial charge in [0.15, 0.2) is 0 Å². The van der Waals surface area contributed by atoms with Gasteiger partial charge in [0.2, 0.25) is 0 Å². The van der Waals surface area contributed by atoms with Gasteiger partial charge in [-0.2, -0.15) is 0 Å². The van der Waals surface area contributed by atoms with Gasteiger partial charge in [-0.3, -0.25) is 0 Å². The maximum atomic E-state index is 5.83. The molecular weight excluding hydrogens is 378 g/mol. The van der Waals surface area contributed by atoms with Gasteiger partial charge in [0.1, 0.15) is 5.75 Å². The fourth-order valence-corrected chi connectivity index (χ4v) is 5.43. The lowest BCUT2D eigenvalue weighted by molar-refractivity contribution is 0.403. The first kappa shape index (κ1) is 18.1. The maximum Gasteiger partial charge on any atom is 0.123 e. The number of nitrogens with zero attached hydrogens (tertiary/aromatic N) is 1. The molecule has 150 valence electrons. The fourth-order valence-electron chi connectivity index (χ4n) is 5.43. The summed E-state index contributed by atoms with van der Waals surface area (Å²) in [5, 5.41) is 3.67. The summed E-state index contributed by atoms with van der Waals surface area (Å²) in [6, 6.07) is 29.9. The van der Waals surface area contributed by atoms with E-state index in [1.54, 1.807) is 7.11 Å². The molecule has 4 aromatic carbocycles. The van der Waals surface area contributed by atoms with Crippen molar-refractivity contribution >= 4 is 21.7 Å². The highest BCUT2D eigenvalue weighted by Gasteiger charge is 2.41. The molecule has 31 heavy (non-hydrogen) atoms. The lowest BCUT2D eigenvalue weighted by atomic mass is 9.80. The first-order valence-electron chi connectivity index (χ1n) is 10.7. The number of aromatic nitrogens is 1. The Labute approximate surface area is 182 Å². The van der Waals surface area contributed by atoms with E-state index in [1.807, 2.05) is 0 Å². The smallest absolute Gasteiger partial charge is 0.123 e. The largest absolute Gasteiger partial charge is 0.496 e. The molecule has 0 radical (unpaired) electrons. The van der Waals surface area contributed by atoms with Gasteiger partial charge in [0.25, 0.3) is 0 Å². The highest BCUT2D eigenvalue weighted by Crippen LogP contribution is 2.56. The number of rotatable bonds is 2. The Morgan fingerprint density at radius 1 is 0.677 bits per heavy atom. The van der Waals surface area contributed by atoms with E-state index in [9.17, 15) is 0 Å². The minimum absolute atomic E-state index is 0.195. The molecule has 1 heterocycles. The van der Waals surface area contributed by atoms with Crippen LogP contribution in [0.3, 0.4) is 0 Å². The predicted molar refractivity (Wildman–Crippen MR) is 129 cm³/mol. The highest BCUT2D eigenvalue weighted by atomic mass is 16.5. The third-order valence-electron chi connectivity index (χ3n) is 6.70. The van der Waals surface area contributed by atoms with E-state index in [-0.39, 0.29) is 5.41 Å². The molecule has 0 fully saturated rings. The van der Waals surface area contributed by atoms with Gasteiger partial charge in [-0.25, -0.2) is 4.98 Å². The summed E-state index contributed by atoms with van der Waals surface area (Å²) < 4.78 is 5.83. The van der Waals surface area contributed by atoms with Crippen LogP contribution in [0.1, 0.15) is 25.0 Å². The molecule has 0 bridgehead atoms. The first-order chi connectivity index (χ1) is 15.1. The molecule has 2 heteroatoms. The molecule has 0 atom stereocenters. The van der Waals surface area contributed by atoms with E-state index in [0.717, 1.165) is 17.0 Å². The Morgan fingerprint density at radius 2 is 1.35 bits per heavy atom. The normalized spacial score (nSPS) is 13.9. The topological polar surface area (TPSA) is 22.1 Å². The van der Waals surface area contributed by atoms with Gasteiger partial charge >= 0.3 is 0 Å². The van der Waals surface area contributed by atoms with Gasteiger partial charge in [-0.05, 0) is 34.0 Å². The first-order valence-corrected chi connectivity index (χ1v) is 10.7. The van der Waals surface area contributed by atoms with Gasteiger partial charge in [-0.1, -0.05) is 86.6 Å². The van der Waals surface area contributed by atoms with Crippen LogP contribution in [0.2, 0.25) is 0 Å². The van der Waals surface area contributed by atoms with Crippen molar-refractivity contribution in [1.29, 1.82) is 0 Å². The molecule has 0 saturated heterocycles. The summed E-state index contributed by atoms with van der Waals surface area (Å²) in [6.07, 6.45) is 0. The van der Waals surface area contributed by atoms with E-state index < -0.39 is 0 Å². The number of benzene rings is 4. The van der Waals surface area contributed by atoms with Crippen molar-refractivity contribution in [3.63, 3.8) is 0 Å². The molecule has 1 aromatic heterocycles. The number of hydrogen-bond donors (Lipinski definition) is 0. The van der Waals surface area contributed by atoms with Crippen molar-refractivity contribution in [3.05, 3.63) is 96.1 Å². The lowest BCUT2D eigenvalue weighted by Gasteiger charge is -2.25. The van der Waals surface area contributed by atoms with Gasteiger partial charge in [0, 0.05) is 27.5 Å².